The molecule has 4 rings (SSSR count). The van der Waals surface area contributed by atoms with E-state index in [2.05, 4.69) is 26.0 Å². The second kappa shape index (κ2) is 11.9. The summed E-state index contributed by atoms with van der Waals surface area (Å²) in [4.78, 5) is 11.4. The highest BCUT2D eigenvalue weighted by molar-refractivity contribution is 7.90. The van der Waals surface area contributed by atoms with Crippen LogP contribution >= 0.6 is 0 Å². The van der Waals surface area contributed by atoms with E-state index in [1.54, 1.807) is 6.92 Å². The topological polar surface area (TPSA) is 99.1 Å². The third-order valence-corrected chi connectivity index (χ3v) is 8.91. The molecule has 0 amide bonds. The molecule has 0 fully saturated rings. The first-order valence-electron chi connectivity index (χ1n) is 13.5. The van der Waals surface area contributed by atoms with Crippen LogP contribution in [0.4, 0.5) is 0 Å². The summed E-state index contributed by atoms with van der Waals surface area (Å²) in [5, 5.41) is 9.38. The number of benzene rings is 3. The number of sulfone groups is 1. The highest BCUT2D eigenvalue weighted by atomic mass is 32.2. The first-order chi connectivity index (χ1) is 18.9. The zero-order valence-corrected chi connectivity index (χ0v) is 24.9. The Hall–Kier alpha value is -3.52. The summed E-state index contributed by atoms with van der Waals surface area (Å²) < 4.78 is 40.8. The van der Waals surface area contributed by atoms with Gasteiger partial charge in [-0.2, -0.15) is 0 Å². The molecule has 0 spiro atoms. The molecule has 2 atom stereocenters. The minimum absolute atomic E-state index is 0.110. The summed E-state index contributed by atoms with van der Waals surface area (Å²) in [5.41, 5.74) is 8.52. The molecule has 1 aliphatic heterocycles. The van der Waals surface area contributed by atoms with E-state index in [0.717, 1.165) is 50.3 Å². The van der Waals surface area contributed by atoms with Crippen LogP contribution in [0.2, 0.25) is 0 Å². The van der Waals surface area contributed by atoms with Crippen LogP contribution in [0.5, 0.6) is 17.2 Å². The Balaban J connectivity index is 1.50. The van der Waals surface area contributed by atoms with Gasteiger partial charge in [0.15, 0.2) is 0 Å². The zero-order chi connectivity index (χ0) is 29.2. The predicted octanol–water partition coefficient (Wildman–Crippen LogP) is 6.18. The predicted molar refractivity (Wildman–Crippen MR) is 156 cm³/mol. The maximum atomic E-state index is 11.5. The van der Waals surface area contributed by atoms with Gasteiger partial charge in [-0.15, -0.1) is 0 Å². The van der Waals surface area contributed by atoms with Crippen LogP contribution in [0.15, 0.2) is 42.5 Å². The Morgan fingerprint density at radius 2 is 1.73 bits per heavy atom. The summed E-state index contributed by atoms with van der Waals surface area (Å²) in [6, 6.07) is 13.9. The number of aliphatic carboxylic acids is 1. The van der Waals surface area contributed by atoms with Crippen molar-refractivity contribution in [1.29, 1.82) is 0 Å². The monoisotopic (exact) mass is 566 g/mol. The van der Waals surface area contributed by atoms with Crippen molar-refractivity contribution in [3.8, 4) is 28.4 Å². The normalized spacial score (nSPS) is 15.3. The molecule has 0 radical (unpaired) electrons. The molecule has 0 aliphatic carbocycles. The number of carboxylic acid groups (broad SMARTS) is 1. The van der Waals surface area contributed by atoms with E-state index < -0.39 is 21.7 Å². The Morgan fingerprint density at radius 3 is 2.38 bits per heavy atom. The van der Waals surface area contributed by atoms with Crippen LogP contribution in [0, 0.1) is 33.6 Å². The number of carboxylic acids is 1. The van der Waals surface area contributed by atoms with Crippen LogP contribution < -0.4 is 14.2 Å². The van der Waals surface area contributed by atoms with Crippen molar-refractivity contribution < 1.29 is 32.5 Å². The van der Waals surface area contributed by atoms with Gasteiger partial charge in [-0.3, -0.25) is 4.79 Å². The molecule has 1 unspecified atom stereocenters. The second-order valence-electron chi connectivity index (χ2n) is 10.8. The minimum Gasteiger partial charge on any atom is -0.493 e. The van der Waals surface area contributed by atoms with E-state index in [-0.39, 0.29) is 11.7 Å². The van der Waals surface area contributed by atoms with E-state index in [1.165, 1.54) is 6.26 Å². The lowest BCUT2D eigenvalue weighted by Gasteiger charge is -2.21. The fraction of sp³-hybridized carbons (Fsp3) is 0.406. The maximum Gasteiger partial charge on any atom is 0.306 e. The lowest BCUT2D eigenvalue weighted by Crippen LogP contribution is -2.19. The van der Waals surface area contributed by atoms with Crippen LogP contribution in [0.25, 0.3) is 11.1 Å². The van der Waals surface area contributed by atoms with Gasteiger partial charge in [0.05, 0.1) is 24.9 Å². The van der Waals surface area contributed by atoms with Gasteiger partial charge in [-0.25, -0.2) is 8.42 Å². The molecule has 3 aromatic carbocycles. The molecule has 0 aromatic heterocycles. The second-order valence-corrected chi connectivity index (χ2v) is 13.0. The average molecular weight is 567 g/mol. The molecule has 7 nitrogen and oxygen atoms in total. The van der Waals surface area contributed by atoms with E-state index in [4.69, 9.17) is 14.2 Å². The van der Waals surface area contributed by atoms with Gasteiger partial charge >= 0.3 is 5.97 Å². The zero-order valence-electron chi connectivity index (χ0n) is 24.0. The summed E-state index contributed by atoms with van der Waals surface area (Å²) in [6.07, 6.45) is 1.70. The number of ether oxygens (including phenoxy) is 3. The number of carbonyl (C=O) groups is 1. The van der Waals surface area contributed by atoms with Crippen molar-refractivity contribution in [3.05, 3.63) is 75.8 Å². The summed E-state index contributed by atoms with van der Waals surface area (Å²) in [7, 11) is -3.01. The number of hydrogen-bond acceptors (Lipinski definition) is 6. The molecule has 8 heteroatoms. The van der Waals surface area contributed by atoms with Crippen molar-refractivity contribution in [2.45, 2.75) is 53.6 Å². The lowest BCUT2D eigenvalue weighted by atomic mass is 9.88. The molecule has 1 N–H and O–H groups in total. The van der Waals surface area contributed by atoms with Gasteiger partial charge in [0, 0.05) is 23.8 Å². The smallest absolute Gasteiger partial charge is 0.306 e. The third-order valence-electron chi connectivity index (χ3n) is 7.88. The molecule has 0 saturated carbocycles. The number of hydrogen-bond donors (Lipinski definition) is 1. The van der Waals surface area contributed by atoms with Crippen molar-refractivity contribution in [2.24, 2.45) is 5.92 Å². The highest BCUT2D eigenvalue weighted by Gasteiger charge is 2.33. The fourth-order valence-corrected chi connectivity index (χ4v) is 5.94. The SMILES string of the molecule is Cc1c(C)c(-c2cccc(COc3ccc4c(c3)OC[C@H]4C(C)C(=O)O)c2)c(C)c(C)c1OCCCS(C)(=O)=O. The maximum absolute atomic E-state index is 11.5. The third kappa shape index (κ3) is 6.44. The summed E-state index contributed by atoms with van der Waals surface area (Å²) in [5.74, 6) is 0.773. The Labute approximate surface area is 237 Å². The summed E-state index contributed by atoms with van der Waals surface area (Å²) in [6.45, 7) is 11.1. The Kier molecular flexibility index (Phi) is 8.78. The van der Waals surface area contributed by atoms with Crippen LogP contribution in [-0.4, -0.2) is 44.7 Å². The standard InChI is InChI=1S/C32H38O7S/c1-19-21(3)31(37-13-8-14-40(6,35)36)22(4)20(2)30(19)25-10-7-9-24(15-25)17-38-26-11-12-27-28(23(5)32(33)34)18-39-29(27)16-26/h7,9-12,15-16,23,28H,8,13-14,17-18H2,1-6H3,(H,33,34)/t23?,28-/m0/s1. The van der Waals surface area contributed by atoms with Gasteiger partial charge in [-0.1, -0.05) is 31.2 Å². The lowest BCUT2D eigenvalue weighted by molar-refractivity contribution is -0.142. The number of rotatable bonds is 11. The van der Waals surface area contributed by atoms with Crippen LogP contribution in [0.1, 0.15) is 52.6 Å². The van der Waals surface area contributed by atoms with Gasteiger partial charge in [0.2, 0.25) is 0 Å². The molecular formula is C32H38O7S. The summed E-state index contributed by atoms with van der Waals surface area (Å²) >= 11 is 0. The van der Waals surface area contributed by atoms with E-state index in [0.29, 0.717) is 37.7 Å². The molecule has 40 heavy (non-hydrogen) atoms. The molecule has 1 aliphatic rings. The molecule has 0 saturated heterocycles. The highest BCUT2D eigenvalue weighted by Crippen LogP contribution is 2.41. The van der Waals surface area contributed by atoms with Crippen LogP contribution in [0.3, 0.4) is 0 Å². The molecule has 3 aromatic rings. The van der Waals surface area contributed by atoms with E-state index in [9.17, 15) is 18.3 Å². The minimum atomic E-state index is -3.01. The molecule has 214 valence electrons. The molecular weight excluding hydrogens is 528 g/mol. The quantitative estimate of drug-likeness (QED) is 0.277. The van der Waals surface area contributed by atoms with Crippen molar-refractivity contribution >= 4 is 15.8 Å². The number of fused-ring (bicyclic) bond motifs is 1. The van der Waals surface area contributed by atoms with Gasteiger partial charge in [0.25, 0.3) is 0 Å². The largest absolute Gasteiger partial charge is 0.493 e. The first-order valence-corrected chi connectivity index (χ1v) is 15.6. The fourth-order valence-electron chi connectivity index (χ4n) is 5.30. The Morgan fingerprint density at radius 1 is 1.02 bits per heavy atom. The van der Waals surface area contributed by atoms with Crippen molar-refractivity contribution in [2.75, 3.05) is 25.2 Å². The van der Waals surface area contributed by atoms with Gasteiger partial charge in [0.1, 0.15) is 33.7 Å². The van der Waals surface area contributed by atoms with Crippen molar-refractivity contribution in [1.82, 2.24) is 0 Å². The average Bonchev–Trinajstić information content (AvgIpc) is 3.33. The first kappa shape index (κ1) is 29.5. The van der Waals surface area contributed by atoms with E-state index >= 15 is 0 Å². The Bertz CT molecular complexity index is 1500. The van der Waals surface area contributed by atoms with E-state index in [1.807, 2.05) is 44.2 Å². The molecule has 0 bridgehead atoms. The van der Waals surface area contributed by atoms with Crippen LogP contribution in [-0.2, 0) is 21.2 Å². The molecule has 1 heterocycles. The van der Waals surface area contributed by atoms with Crippen molar-refractivity contribution in [3.63, 3.8) is 0 Å². The van der Waals surface area contributed by atoms with Gasteiger partial charge in [-0.05, 0) is 85.2 Å². The van der Waals surface area contributed by atoms with Gasteiger partial charge < -0.3 is 19.3 Å².